The summed E-state index contributed by atoms with van der Waals surface area (Å²) in [5.41, 5.74) is -0.0254. The summed E-state index contributed by atoms with van der Waals surface area (Å²) in [7, 11) is 0. The molecule has 0 aliphatic rings. The van der Waals surface area contributed by atoms with Crippen LogP contribution in [0.15, 0.2) is 12.3 Å². The van der Waals surface area contributed by atoms with Crippen LogP contribution in [0.5, 0.6) is 0 Å². The third kappa shape index (κ3) is 4.29. The van der Waals surface area contributed by atoms with Gasteiger partial charge in [-0.3, -0.25) is 5.32 Å². The van der Waals surface area contributed by atoms with Crippen LogP contribution in [0, 0.1) is 11.3 Å². The quantitative estimate of drug-likeness (QED) is 0.781. The lowest BCUT2D eigenvalue weighted by atomic mass is 10.2. The number of nitrogens with zero attached hydrogens (tertiary/aromatic N) is 2. The minimum atomic E-state index is -0.606. The fraction of sp³-hybridized carbons (Fsp3) is 0.364. The minimum absolute atomic E-state index is 0.0993. The predicted molar refractivity (Wildman–Crippen MR) is 63.8 cm³/mol. The van der Waals surface area contributed by atoms with Crippen LogP contribution in [0.2, 0.25) is 5.15 Å². The molecular weight excluding hydrogens is 242 g/mol. The Balaban J connectivity index is 2.77. The van der Waals surface area contributed by atoms with E-state index < -0.39 is 11.7 Å². The standard InChI is InChI=1S/C11H12ClN3O2/c1-11(2,3)17-10(16)15-8-4-7(5-13)9(12)14-6-8/h4,6H,1-3H3,(H,15,16). The number of ether oxygens (including phenoxy) is 1. The minimum Gasteiger partial charge on any atom is -0.444 e. The highest BCUT2D eigenvalue weighted by Crippen LogP contribution is 2.17. The Morgan fingerprint density at radius 3 is 2.76 bits per heavy atom. The molecule has 0 saturated carbocycles. The van der Waals surface area contributed by atoms with Gasteiger partial charge >= 0.3 is 6.09 Å². The molecule has 1 N–H and O–H groups in total. The number of carbonyl (C=O) groups excluding carboxylic acids is 1. The molecule has 0 aromatic carbocycles. The summed E-state index contributed by atoms with van der Waals surface area (Å²) in [6.45, 7) is 5.27. The number of nitrogens with one attached hydrogen (secondary N) is 1. The van der Waals surface area contributed by atoms with Crippen molar-refractivity contribution >= 4 is 23.4 Å². The second-order valence-corrected chi connectivity index (χ2v) is 4.66. The third-order valence-corrected chi connectivity index (χ3v) is 1.91. The molecule has 0 bridgehead atoms. The first-order chi connectivity index (χ1) is 7.81. The van der Waals surface area contributed by atoms with Gasteiger partial charge in [0.05, 0.1) is 17.4 Å². The lowest BCUT2D eigenvalue weighted by Crippen LogP contribution is -2.27. The lowest BCUT2D eigenvalue weighted by Gasteiger charge is -2.19. The van der Waals surface area contributed by atoms with E-state index in [2.05, 4.69) is 10.3 Å². The number of carbonyl (C=O) groups is 1. The number of amides is 1. The molecule has 0 aliphatic heterocycles. The van der Waals surface area contributed by atoms with Gasteiger partial charge in [0, 0.05) is 0 Å². The van der Waals surface area contributed by atoms with Gasteiger partial charge in [-0.2, -0.15) is 5.26 Å². The highest BCUT2D eigenvalue weighted by molar-refractivity contribution is 6.30. The molecule has 0 radical (unpaired) electrons. The van der Waals surface area contributed by atoms with Crippen LogP contribution in [0.25, 0.3) is 0 Å². The maximum atomic E-state index is 11.4. The first-order valence-corrected chi connectivity index (χ1v) is 5.25. The van der Waals surface area contributed by atoms with E-state index >= 15 is 0 Å². The normalized spacial score (nSPS) is 10.5. The number of pyridine rings is 1. The van der Waals surface area contributed by atoms with E-state index in [4.69, 9.17) is 21.6 Å². The number of hydrogen-bond acceptors (Lipinski definition) is 4. The SMILES string of the molecule is CC(C)(C)OC(=O)Nc1cnc(Cl)c(C#N)c1. The Hall–Kier alpha value is -1.80. The van der Waals surface area contributed by atoms with Crippen molar-refractivity contribution in [3.8, 4) is 6.07 Å². The molecule has 1 aromatic heterocycles. The molecule has 0 atom stereocenters. The van der Waals surface area contributed by atoms with Crippen LogP contribution in [0.3, 0.4) is 0 Å². The second kappa shape index (κ2) is 5.02. The first kappa shape index (κ1) is 13.3. The molecular formula is C11H12ClN3O2. The number of rotatable bonds is 1. The number of halogens is 1. The molecule has 0 saturated heterocycles. The van der Waals surface area contributed by atoms with Crippen LogP contribution in [-0.4, -0.2) is 16.7 Å². The molecule has 1 rings (SSSR count). The maximum Gasteiger partial charge on any atom is 0.412 e. The fourth-order valence-electron chi connectivity index (χ4n) is 1.02. The molecule has 0 fully saturated rings. The van der Waals surface area contributed by atoms with Gasteiger partial charge in [0.1, 0.15) is 16.8 Å². The van der Waals surface area contributed by atoms with Crippen molar-refractivity contribution in [1.82, 2.24) is 4.98 Å². The van der Waals surface area contributed by atoms with Gasteiger partial charge in [-0.25, -0.2) is 9.78 Å². The Labute approximate surface area is 104 Å². The zero-order chi connectivity index (χ0) is 13.1. The van der Waals surface area contributed by atoms with Gasteiger partial charge in [-0.15, -0.1) is 0 Å². The topological polar surface area (TPSA) is 75.0 Å². The summed E-state index contributed by atoms with van der Waals surface area (Å²) in [6, 6.07) is 3.30. The van der Waals surface area contributed by atoms with Gasteiger partial charge < -0.3 is 4.74 Å². The smallest absolute Gasteiger partial charge is 0.412 e. The average molecular weight is 254 g/mol. The van der Waals surface area contributed by atoms with E-state index in [1.165, 1.54) is 12.3 Å². The van der Waals surface area contributed by atoms with E-state index in [0.29, 0.717) is 5.69 Å². The van der Waals surface area contributed by atoms with Crippen LogP contribution < -0.4 is 5.32 Å². The molecule has 0 aliphatic carbocycles. The monoisotopic (exact) mass is 253 g/mol. The Kier molecular flexibility index (Phi) is 3.92. The number of anilines is 1. The Morgan fingerprint density at radius 1 is 1.59 bits per heavy atom. The third-order valence-electron chi connectivity index (χ3n) is 1.60. The highest BCUT2D eigenvalue weighted by Gasteiger charge is 2.16. The summed E-state index contributed by atoms with van der Waals surface area (Å²) in [4.78, 5) is 15.2. The highest BCUT2D eigenvalue weighted by atomic mass is 35.5. The van der Waals surface area contributed by atoms with Gasteiger partial charge in [-0.1, -0.05) is 11.6 Å². The van der Waals surface area contributed by atoms with Gasteiger partial charge in [0.2, 0.25) is 0 Å². The van der Waals surface area contributed by atoms with Crippen molar-refractivity contribution in [3.63, 3.8) is 0 Å². The molecule has 1 amide bonds. The summed E-state index contributed by atoms with van der Waals surface area (Å²) in [6.07, 6.45) is 0.748. The summed E-state index contributed by atoms with van der Waals surface area (Å²) >= 11 is 5.66. The molecule has 0 spiro atoms. The fourth-order valence-corrected chi connectivity index (χ4v) is 1.16. The van der Waals surface area contributed by atoms with Crippen molar-refractivity contribution in [2.75, 3.05) is 5.32 Å². The zero-order valence-electron chi connectivity index (χ0n) is 9.74. The Morgan fingerprint density at radius 2 is 2.24 bits per heavy atom. The van der Waals surface area contributed by atoms with E-state index in [1.54, 1.807) is 20.8 Å². The number of hydrogen-bond donors (Lipinski definition) is 1. The largest absolute Gasteiger partial charge is 0.444 e. The molecule has 5 nitrogen and oxygen atoms in total. The summed E-state index contributed by atoms with van der Waals surface area (Å²) in [5.74, 6) is 0. The maximum absolute atomic E-state index is 11.4. The van der Waals surface area contributed by atoms with Gasteiger partial charge in [0.25, 0.3) is 0 Å². The Bertz CT molecular complexity index is 475. The van der Waals surface area contributed by atoms with Crippen LogP contribution in [-0.2, 0) is 4.74 Å². The van der Waals surface area contributed by atoms with Gasteiger partial charge in [-0.05, 0) is 26.8 Å². The van der Waals surface area contributed by atoms with E-state index in [9.17, 15) is 4.79 Å². The number of nitriles is 1. The second-order valence-electron chi connectivity index (χ2n) is 4.30. The van der Waals surface area contributed by atoms with Crippen molar-refractivity contribution in [1.29, 1.82) is 5.26 Å². The zero-order valence-corrected chi connectivity index (χ0v) is 10.5. The summed E-state index contributed by atoms with van der Waals surface area (Å²) < 4.78 is 5.05. The average Bonchev–Trinajstić information content (AvgIpc) is 2.18. The van der Waals surface area contributed by atoms with Crippen LogP contribution in [0.1, 0.15) is 26.3 Å². The van der Waals surface area contributed by atoms with E-state index in [1.807, 2.05) is 6.07 Å². The van der Waals surface area contributed by atoms with Crippen molar-refractivity contribution in [2.24, 2.45) is 0 Å². The van der Waals surface area contributed by atoms with E-state index in [-0.39, 0.29) is 10.7 Å². The lowest BCUT2D eigenvalue weighted by molar-refractivity contribution is 0.0636. The van der Waals surface area contributed by atoms with Crippen LogP contribution >= 0.6 is 11.6 Å². The van der Waals surface area contributed by atoms with Crippen molar-refractivity contribution in [2.45, 2.75) is 26.4 Å². The van der Waals surface area contributed by atoms with E-state index in [0.717, 1.165) is 0 Å². The van der Waals surface area contributed by atoms with Crippen LogP contribution in [0.4, 0.5) is 10.5 Å². The molecule has 1 heterocycles. The molecule has 17 heavy (non-hydrogen) atoms. The predicted octanol–water partition coefficient (Wildman–Crippen LogP) is 2.95. The van der Waals surface area contributed by atoms with Gasteiger partial charge in [0.15, 0.2) is 0 Å². The molecule has 90 valence electrons. The molecule has 1 aromatic rings. The molecule has 6 heteroatoms. The van der Waals surface area contributed by atoms with Crippen molar-refractivity contribution < 1.29 is 9.53 Å². The molecule has 0 unspecified atom stereocenters. The first-order valence-electron chi connectivity index (χ1n) is 4.87. The number of aromatic nitrogens is 1. The summed E-state index contributed by atoms with van der Waals surface area (Å²) in [5, 5.41) is 11.3. The van der Waals surface area contributed by atoms with Crippen molar-refractivity contribution in [3.05, 3.63) is 23.0 Å².